The van der Waals surface area contributed by atoms with E-state index < -0.39 is 55.8 Å². The third-order valence-electron chi connectivity index (χ3n) is 3.26. The number of rotatable bonds is 4. The lowest BCUT2D eigenvalue weighted by Crippen LogP contribution is -2.38. The normalized spacial score (nSPS) is 50.8. The number of hydrogen-bond donors (Lipinski definition) is 6. The molecule has 0 radical (unpaired) electrons. The third kappa shape index (κ3) is 2.89. The van der Waals surface area contributed by atoms with Gasteiger partial charge in [0.05, 0.1) is 13.2 Å². The second-order valence-electron chi connectivity index (χ2n) is 4.59. The first kappa shape index (κ1) is 15.0. The van der Waals surface area contributed by atoms with E-state index in [1.54, 1.807) is 0 Å². The summed E-state index contributed by atoms with van der Waals surface area (Å²) in [6, 6.07) is 0. The van der Waals surface area contributed by atoms with Crippen molar-refractivity contribution in [2.45, 2.75) is 49.2 Å². The Morgan fingerprint density at radius 1 is 0.789 bits per heavy atom. The summed E-state index contributed by atoms with van der Waals surface area (Å²) >= 11 is 0. The smallest absolute Gasteiger partial charge is 0.186 e. The summed E-state index contributed by atoms with van der Waals surface area (Å²) in [5, 5.41) is 55.9. The van der Waals surface area contributed by atoms with Crippen LogP contribution in [0.2, 0.25) is 0 Å². The fraction of sp³-hybridized carbons (Fsp3) is 1.00. The Morgan fingerprint density at radius 3 is 1.89 bits per heavy atom. The van der Waals surface area contributed by atoms with Gasteiger partial charge in [0.1, 0.15) is 36.6 Å². The van der Waals surface area contributed by atoms with Crippen LogP contribution in [-0.2, 0) is 14.2 Å². The molecule has 0 aliphatic carbocycles. The highest BCUT2D eigenvalue weighted by atomic mass is 16.7. The molecule has 0 amide bonds. The summed E-state index contributed by atoms with van der Waals surface area (Å²) < 4.78 is 15.0. The molecule has 0 spiro atoms. The molecule has 6 N–H and O–H groups in total. The minimum atomic E-state index is -1.51. The Balaban J connectivity index is 1.83. The van der Waals surface area contributed by atoms with Gasteiger partial charge in [0.25, 0.3) is 0 Å². The topological polar surface area (TPSA) is 149 Å². The van der Waals surface area contributed by atoms with Crippen LogP contribution in [0.1, 0.15) is 0 Å². The van der Waals surface area contributed by atoms with E-state index in [2.05, 4.69) is 0 Å². The van der Waals surface area contributed by atoms with E-state index in [-0.39, 0.29) is 6.61 Å². The second-order valence-corrected chi connectivity index (χ2v) is 4.59. The molecule has 0 aromatic rings. The van der Waals surface area contributed by atoms with Crippen LogP contribution in [0.3, 0.4) is 0 Å². The summed E-state index contributed by atoms with van der Waals surface area (Å²) in [6.07, 6.45) is -10.00. The molecule has 2 saturated heterocycles. The Labute approximate surface area is 108 Å². The molecule has 112 valence electrons. The minimum absolute atomic E-state index is 0.262. The monoisotopic (exact) mass is 282 g/mol. The summed E-state index contributed by atoms with van der Waals surface area (Å²) in [7, 11) is 0. The lowest BCUT2D eigenvalue weighted by molar-refractivity contribution is -0.197. The molecule has 2 aliphatic rings. The van der Waals surface area contributed by atoms with Crippen LogP contribution < -0.4 is 0 Å². The van der Waals surface area contributed by atoms with E-state index in [0.717, 1.165) is 0 Å². The molecular weight excluding hydrogens is 264 g/mol. The van der Waals surface area contributed by atoms with Gasteiger partial charge < -0.3 is 44.8 Å². The highest BCUT2D eigenvalue weighted by Crippen LogP contribution is 2.24. The van der Waals surface area contributed by atoms with Crippen LogP contribution in [0, 0.1) is 0 Å². The Bertz CT molecular complexity index is 301. The van der Waals surface area contributed by atoms with Crippen molar-refractivity contribution in [2.75, 3.05) is 13.2 Å². The van der Waals surface area contributed by atoms with E-state index in [1.165, 1.54) is 0 Å². The maximum atomic E-state index is 9.59. The van der Waals surface area contributed by atoms with Gasteiger partial charge in [0, 0.05) is 0 Å². The van der Waals surface area contributed by atoms with Crippen molar-refractivity contribution in [2.24, 2.45) is 0 Å². The fourth-order valence-corrected chi connectivity index (χ4v) is 2.06. The van der Waals surface area contributed by atoms with Gasteiger partial charge in [-0.15, -0.1) is 0 Å². The SMILES string of the molecule is OC[C@H]1O[C@@H](OC[C@H]2O[C@@H](O)[C@H](O)[C@@H]2O)[C@H](O)[C@@H]1O. The molecular formula is C10H18O9. The summed E-state index contributed by atoms with van der Waals surface area (Å²) in [4.78, 5) is 0. The zero-order valence-electron chi connectivity index (χ0n) is 9.94. The number of hydrogen-bond acceptors (Lipinski definition) is 9. The van der Waals surface area contributed by atoms with Gasteiger partial charge in [-0.3, -0.25) is 0 Å². The van der Waals surface area contributed by atoms with Gasteiger partial charge in [-0.2, -0.15) is 0 Å². The standard InChI is InChI=1S/C10H18O9/c11-1-3-5(12)8(15)10(19-3)17-2-4-6(13)7(14)9(16)18-4/h3-16H,1-2H2/t3-,4-,5-,6-,7-,8-,9-,10-/m1/s1. The summed E-state index contributed by atoms with van der Waals surface area (Å²) in [5.41, 5.74) is 0. The highest BCUT2D eigenvalue weighted by Gasteiger charge is 2.46. The molecule has 19 heavy (non-hydrogen) atoms. The van der Waals surface area contributed by atoms with Gasteiger partial charge in [-0.1, -0.05) is 0 Å². The molecule has 0 unspecified atom stereocenters. The lowest BCUT2D eigenvalue weighted by Gasteiger charge is -2.19. The first-order chi connectivity index (χ1) is 8.95. The van der Waals surface area contributed by atoms with Crippen LogP contribution in [-0.4, -0.2) is 93.1 Å². The molecule has 8 atom stereocenters. The molecule has 9 nitrogen and oxygen atoms in total. The van der Waals surface area contributed by atoms with Crippen LogP contribution in [0.25, 0.3) is 0 Å². The summed E-state index contributed by atoms with van der Waals surface area (Å²) in [6.45, 7) is -0.736. The van der Waals surface area contributed by atoms with E-state index in [1.807, 2.05) is 0 Å². The first-order valence-electron chi connectivity index (χ1n) is 5.89. The van der Waals surface area contributed by atoms with Crippen LogP contribution >= 0.6 is 0 Å². The zero-order chi connectivity index (χ0) is 14.2. The lowest BCUT2D eigenvalue weighted by atomic mass is 10.1. The predicted octanol–water partition coefficient (Wildman–Crippen LogP) is -4.12. The maximum Gasteiger partial charge on any atom is 0.186 e. The van der Waals surface area contributed by atoms with Gasteiger partial charge in [-0.25, -0.2) is 0 Å². The van der Waals surface area contributed by atoms with Crippen molar-refractivity contribution in [3.8, 4) is 0 Å². The van der Waals surface area contributed by atoms with Crippen molar-refractivity contribution in [3.63, 3.8) is 0 Å². The van der Waals surface area contributed by atoms with E-state index in [9.17, 15) is 20.4 Å². The molecule has 2 fully saturated rings. The molecule has 2 aliphatic heterocycles. The largest absolute Gasteiger partial charge is 0.394 e. The van der Waals surface area contributed by atoms with Crippen LogP contribution in [0.4, 0.5) is 0 Å². The first-order valence-corrected chi connectivity index (χ1v) is 5.89. The Kier molecular flexibility index (Phi) is 4.71. The number of aliphatic hydroxyl groups is 6. The van der Waals surface area contributed by atoms with Crippen LogP contribution in [0.15, 0.2) is 0 Å². The molecule has 2 rings (SSSR count). The second kappa shape index (κ2) is 5.95. The number of ether oxygens (including phenoxy) is 3. The van der Waals surface area contributed by atoms with E-state index in [0.29, 0.717) is 0 Å². The average Bonchev–Trinajstić information content (AvgIpc) is 2.81. The average molecular weight is 282 g/mol. The third-order valence-corrected chi connectivity index (χ3v) is 3.26. The van der Waals surface area contributed by atoms with Crippen molar-refractivity contribution in [1.82, 2.24) is 0 Å². The Morgan fingerprint density at radius 2 is 1.42 bits per heavy atom. The van der Waals surface area contributed by atoms with Gasteiger partial charge in [0.2, 0.25) is 0 Å². The molecule has 2 heterocycles. The highest BCUT2D eigenvalue weighted by molar-refractivity contribution is 4.88. The van der Waals surface area contributed by atoms with E-state index >= 15 is 0 Å². The molecule has 0 aromatic heterocycles. The van der Waals surface area contributed by atoms with Gasteiger partial charge in [-0.05, 0) is 0 Å². The zero-order valence-corrected chi connectivity index (χ0v) is 9.94. The van der Waals surface area contributed by atoms with E-state index in [4.69, 9.17) is 24.4 Å². The quantitative estimate of drug-likeness (QED) is 0.302. The minimum Gasteiger partial charge on any atom is -0.394 e. The molecule has 0 bridgehead atoms. The molecule has 0 aromatic carbocycles. The number of aliphatic hydroxyl groups excluding tert-OH is 6. The molecule has 9 heteroatoms. The molecule has 0 saturated carbocycles. The van der Waals surface area contributed by atoms with Crippen molar-refractivity contribution in [1.29, 1.82) is 0 Å². The van der Waals surface area contributed by atoms with Gasteiger partial charge >= 0.3 is 0 Å². The van der Waals surface area contributed by atoms with Crippen molar-refractivity contribution < 1.29 is 44.8 Å². The van der Waals surface area contributed by atoms with Gasteiger partial charge in [0.15, 0.2) is 12.6 Å². The van der Waals surface area contributed by atoms with Crippen LogP contribution in [0.5, 0.6) is 0 Å². The fourth-order valence-electron chi connectivity index (χ4n) is 2.06. The van der Waals surface area contributed by atoms with Crippen molar-refractivity contribution in [3.05, 3.63) is 0 Å². The van der Waals surface area contributed by atoms with Crippen molar-refractivity contribution >= 4 is 0 Å². The predicted molar refractivity (Wildman–Crippen MR) is 56.6 cm³/mol. The maximum absolute atomic E-state index is 9.59. The Hall–Kier alpha value is -0.360. The summed E-state index contributed by atoms with van der Waals surface area (Å²) in [5.74, 6) is 0.